The summed E-state index contributed by atoms with van der Waals surface area (Å²) in [4.78, 5) is 12.2. The first-order valence-corrected chi connectivity index (χ1v) is 6.80. The Labute approximate surface area is 110 Å². The van der Waals surface area contributed by atoms with Gasteiger partial charge in [0.25, 0.3) is 0 Å². The molecule has 0 aromatic heterocycles. The fourth-order valence-electron chi connectivity index (χ4n) is 2.24. The molecular weight excluding hydrogens is 230 g/mol. The standard InChI is InChI=1S/C14H27NO3/c1-11(2)14(6-7-15-10-14)12(16)17-8-9-18-13(3,4)5/h11,15H,6-10H2,1-5H3. The van der Waals surface area contributed by atoms with Crippen LogP contribution in [0.5, 0.6) is 0 Å². The topological polar surface area (TPSA) is 47.6 Å². The largest absolute Gasteiger partial charge is 0.463 e. The van der Waals surface area contributed by atoms with Gasteiger partial charge < -0.3 is 14.8 Å². The third kappa shape index (κ3) is 3.95. The number of esters is 1. The average Bonchev–Trinajstić information content (AvgIpc) is 2.72. The van der Waals surface area contributed by atoms with Crippen molar-refractivity contribution in [3.63, 3.8) is 0 Å². The zero-order valence-corrected chi connectivity index (χ0v) is 12.3. The fourth-order valence-corrected chi connectivity index (χ4v) is 2.24. The van der Waals surface area contributed by atoms with Crippen LogP contribution in [0, 0.1) is 11.3 Å². The van der Waals surface area contributed by atoms with Gasteiger partial charge in [0.2, 0.25) is 0 Å². The molecule has 1 heterocycles. The highest BCUT2D eigenvalue weighted by Gasteiger charge is 2.45. The lowest BCUT2D eigenvalue weighted by atomic mass is 9.76. The number of hydrogen-bond acceptors (Lipinski definition) is 4. The van der Waals surface area contributed by atoms with Crippen molar-refractivity contribution >= 4 is 5.97 Å². The van der Waals surface area contributed by atoms with Crippen molar-refractivity contribution in [2.45, 2.75) is 46.6 Å². The first-order valence-electron chi connectivity index (χ1n) is 6.80. The van der Waals surface area contributed by atoms with Crippen LogP contribution in [0.1, 0.15) is 41.0 Å². The molecule has 106 valence electrons. The van der Waals surface area contributed by atoms with Crippen LogP contribution in [0.25, 0.3) is 0 Å². The highest BCUT2D eigenvalue weighted by atomic mass is 16.6. The summed E-state index contributed by atoms with van der Waals surface area (Å²) in [6.45, 7) is 12.6. The van der Waals surface area contributed by atoms with Crippen LogP contribution in [0.15, 0.2) is 0 Å². The van der Waals surface area contributed by atoms with Gasteiger partial charge in [0.05, 0.1) is 17.6 Å². The van der Waals surface area contributed by atoms with Crippen molar-refractivity contribution in [3.8, 4) is 0 Å². The van der Waals surface area contributed by atoms with Gasteiger partial charge in [-0.25, -0.2) is 0 Å². The molecule has 4 nitrogen and oxygen atoms in total. The van der Waals surface area contributed by atoms with Crippen LogP contribution in [0.2, 0.25) is 0 Å². The fraction of sp³-hybridized carbons (Fsp3) is 0.929. The lowest BCUT2D eigenvalue weighted by Crippen LogP contribution is -2.40. The van der Waals surface area contributed by atoms with E-state index in [1.54, 1.807) is 0 Å². The van der Waals surface area contributed by atoms with Gasteiger partial charge in [-0.1, -0.05) is 13.8 Å². The minimum absolute atomic E-state index is 0.0833. The van der Waals surface area contributed by atoms with Crippen molar-refractivity contribution in [3.05, 3.63) is 0 Å². The molecule has 1 atom stereocenters. The maximum absolute atomic E-state index is 12.2. The normalized spacial score (nSPS) is 24.6. The van der Waals surface area contributed by atoms with Gasteiger partial charge in [0.1, 0.15) is 6.61 Å². The third-order valence-electron chi connectivity index (χ3n) is 3.55. The molecule has 1 aliphatic heterocycles. The van der Waals surface area contributed by atoms with Crippen LogP contribution in [-0.4, -0.2) is 37.9 Å². The van der Waals surface area contributed by atoms with E-state index < -0.39 is 0 Å². The van der Waals surface area contributed by atoms with E-state index in [9.17, 15) is 4.79 Å². The van der Waals surface area contributed by atoms with Gasteiger partial charge in [-0.3, -0.25) is 4.79 Å². The van der Waals surface area contributed by atoms with E-state index in [0.29, 0.717) is 19.1 Å². The Hall–Kier alpha value is -0.610. The molecule has 1 unspecified atom stereocenters. The summed E-state index contributed by atoms with van der Waals surface area (Å²) in [5.74, 6) is 0.212. The minimum atomic E-state index is -0.346. The lowest BCUT2D eigenvalue weighted by molar-refractivity contribution is -0.160. The van der Waals surface area contributed by atoms with E-state index in [2.05, 4.69) is 19.2 Å². The number of carbonyl (C=O) groups excluding carboxylic acids is 1. The van der Waals surface area contributed by atoms with Gasteiger partial charge >= 0.3 is 5.97 Å². The number of carbonyl (C=O) groups is 1. The molecule has 1 rings (SSSR count). The van der Waals surface area contributed by atoms with E-state index in [1.807, 2.05) is 20.8 Å². The van der Waals surface area contributed by atoms with E-state index in [-0.39, 0.29) is 17.0 Å². The predicted molar refractivity (Wildman–Crippen MR) is 71.4 cm³/mol. The summed E-state index contributed by atoms with van der Waals surface area (Å²) in [6, 6.07) is 0. The molecule has 0 aliphatic carbocycles. The monoisotopic (exact) mass is 257 g/mol. The molecule has 1 fully saturated rings. The second-order valence-electron chi connectivity index (χ2n) is 6.33. The van der Waals surface area contributed by atoms with Crippen molar-refractivity contribution < 1.29 is 14.3 Å². The molecule has 4 heteroatoms. The molecule has 0 bridgehead atoms. The number of nitrogens with one attached hydrogen (secondary N) is 1. The summed E-state index contributed by atoms with van der Waals surface area (Å²) in [7, 11) is 0. The highest BCUT2D eigenvalue weighted by Crippen LogP contribution is 2.35. The third-order valence-corrected chi connectivity index (χ3v) is 3.55. The van der Waals surface area contributed by atoms with Crippen LogP contribution in [0.4, 0.5) is 0 Å². The maximum Gasteiger partial charge on any atom is 0.313 e. The van der Waals surface area contributed by atoms with Crippen molar-refractivity contribution in [2.24, 2.45) is 11.3 Å². The van der Waals surface area contributed by atoms with E-state index in [1.165, 1.54) is 0 Å². The van der Waals surface area contributed by atoms with E-state index in [4.69, 9.17) is 9.47 Å². The van der Waals surface area contributed by atoms with E-state index in [0.717, 1.165) is 19.5 Å². The number of hydrogen-bond donors (Lipinski definition) is 1. The Morgan fingerprint density at radius 3 is 2.44 bits per heavy atom. The Morgan fingerprint density at radius 2 is 2.00 bits per heavy atom. The predicted octanol–water partition coefficient (Wildman–Crippen LogP) is 1.98. The first-order chi connectivity index (χ1) is 8.28. The van der Waals surface area contributed by atoms with Crippen molar-refractivity contribution in [1.29, 1.82) is 0 Å². The van der Waals surface area contributed by atoms with Crippen molar-refractivity contribution in [1.82, 2.24) is 5.32 Å². The molecule has 0 spiro atoms. The first kappa shape index (κ1) is 15.4. The number of ether oxygens (including phenoxy) is 2. The molecule has 0 aromatic carbocycles. The number of rotatable bonds is 5. The summed E-state index contributed by atoms with van der Waals surface area (Å²) in [5.41, 5.74) is -0.529. The Balaban J connectivity index is 2.39. The molecule has 1 N–H and O–H groups in total. The van der Waals surface area contributed by atoms with Crippen molar-refractivity contribution in [2.75, 3.05) is 26.3 Å². The Kier molecular flexibility index (Phi) is 5.17. The summed E-state index contributed by atoms with van der Waals surface area (Å²) < 4.78 is 10.9. The highest BCUT2D eigenvalue weighted by molar-refractivity contribution is 5.78. The molecule has 1 aliphatic rings. The molecule has 0 saturated carbocycles. The molecule has 0 amide bonds. The van der Waals surface area contributed by atoms with Crippen LogP contribution in [-0.2, 0) is 14.3 Å². The summed E-state index contributed by atoms with van der Waals surface area (Å²) >= 11 is 0. The van der Waals surface area contributed by atoms with Crippen LogP contribution in [0.3, 0.4) is 0 Å². The minimum Gasteiger partial charge on any atom is -0.463 e. The molecular formula is C14H27NO3. The zero-order chi connectivity index (χ0) is 13.8. The molecule has 1 saturated heterocycles. The average molecular weight is 257 g/mol. The second-order valence-corrected chi connectivity index (χ2v) is 6.33. The maximum atomic E-state index is 12.2. The SMILES string of the molecule is CC(C)C1(C(=O)OCCOC(C)(C)C)CCNC1. The van der Waals surface area contributed by atoms with Gasteiger partial charge in [0.15, 0.2) is 0 Å². The van der Waals surface area contributed by atoms with Crippen LogP contribution < -0.4 is 5.32 Å². The smallest absolute Gasteiger partial charge is 0.313 e. The van der Waals surface area contributed by atoms with E-state index >= 15 is 0 Å². The lowest BCUT2D eigenvalue weighted by Gasteiger charge is -2.30. The Morgan fingerprint density at radius 1 is 1.33 bits per heavy atom. The quantitative estimate of drug-likeness (QED) is 0.604. The summed E-state index contributed by atoms with van der Waals surface area (Å²) in [5, 5.41) is 3.26. The molecule has 18 heavy (non-hydrogen) atoms. The Bertz CT molecular complexity index is 275. The zero-order valence-electron chi connectivity index (χ0n) is 12.3. The van der Waals surface area contributed by atoms with Crippen LogP contribution >= 0.6 is 0 Å². The molecule has 0 aromatic rings. The molecule has 0 radical (unpaired) electrons. The second kappa shape index (κ2) is 6.02. The van der Waals surface area contributed by atoms with Gasteiger partial charge in [-0.05, 0) is 39.7 Å². The van der Waals surface area contributed by atoms with Gasteiger partial charge in [-0.15, -0.1) is 0 Å². The summed E-state index contributed by atoms with van der Waals surface area (Å²) in [6.07, 6.45) is 0.865. The van der Waals surface area contributed by atoms with Gasteiger partial charge in [0, 0.05) is 6.54 Å². The van der Waals surface area contributed by atoms with Gasteiger partial charge in [-0.2, -0.15) is 0 Å².